The van der Waals surface area contributed by atoms with E-state index in [0.717, 1.165) is 5.92 Å². The van der Waals surface area contributed by atoms with Crippen molar-refractivity contribution in [2.45, 2.75) is 76.2 Å². The molecule has 0 heteroatoms. The van der Waals surface area contributed by atoms with Gasteiger partial charge >= 0.3 is 0 Å². The van der Waals surface area contributed by atoms with Gasteiger partial charge in [0.05, 0.1) is 0 Å². The molecular weight excluding hydrogens is 168 g/mol. The first-order chi connectivity index (χ1) is 5.23. The van der Waals surface area contributed by atoms with Gasteiger partial charge in [0.25, 0.3) is 0 Å². The van der Waals surface area contributed by atoms with Gasteiger partial charge in [-0.25, -0.2) is 0 Å². The molecule has 1 rings (SSSR count). The molecule has 14 heavy (non-hydrogen) atoms. The molecule has 0 aliphatic heterocycles. The van der Waals surface area contributed by atoms with Crippen LogP contribution in [-0.2, 0) is 0 Å². The summed E-state index contributed by atoms with van der Waals surface area (Å²) < 4.78 is 0. The van der Waals surface area contributed by atoms with E-state index in [4.69, 9.17) is 0 Å². The van der Waals surface area contributed by atoms with Crippen LogP contribution in [0.4, 0.5) is 0 Å². The molecule has 1 aliphatic rings. The normalized spacial score (nSPS) is 10.4. The molecule has 0 saturated carbocycles. The largest absolute Gasteiger partial charge is 0.0885 e. The fraction of sp³-hybridized carbons (Fsp3) is 0.857. The van der Waals surface area contributed by atoms with Gasteiger partial charge in [-0.3, -0.25) is 0 Å². The molecule has 0 N–H and O–H groups in total. The second kappa shape index (κ2) is 29.3. The maximum absolute atomic E-state index is 2.24. The van der Waals surface area contributed by atoms with Crippen LogP contribution in [0.5, 0.6) is 0 Å². The van der Waals surface area contributed by atoms with E-state index in [1.807, 2.05) is 13.8 Å². The number of allylic oxidation sites excluding steroid dienone is 2. The molecule has 0 aromatic heterocycles. The maximum atomic E-state index is 2.24. The van der Waals surface area contributed by atoms with Crippen LogP contribution in [-0.4, -0.2) is 0 Å². The number of hydrogen-bond donors (Lipinski definition) is 0. The summed E-state index contributed by atoms with van der Waals surface area (Å²) in [5.74, 6) is 0.833. The molecule has 0 saturated heterocycles. The minimum Gasteiger partial charge on any atom is -0.0885 e. The average molecular weight is 204 g/mol. The lowest BCUT2D eigenvalue weighted by atomic mass is 10.3. The van der Waals surface area contributed by atoms with Gasteiger partial charge in [-0.2, -0.15) is 0 Å². The third-order valence-corrected chi connectivity index (χ3v) is 0.908. The highest BCUT2D eigenvalue weighted by molar-refractivity contribution is 4.88. The van der Waals surface area contributed by atoms with Crippen LogP contribution in [0.25, 0.3) is 0 Å². The highest BCUT2D eigenvalue weighted by Gasteiger charge is 1.84. The summed E-state index contributed by atoms with van der Waals surface area (Å²) >= 11 is 0. The Morgan fingerprint density at radius 1 is 0.786 bits per heavy atom. The molecule has 0 atom stereocenters. The van der Waals surface area contributed by atoms with Crippen LogP contribution >= 0.6 is 0 Å². The molecule has 0 aromatic carbocycles. The lowest BCUT2D eigenvalue weighted by Gasteiger charge is -1.79. The fourth-order valence-electron chi connectivity index (χ4n) is 0.589. The molecule has 0 heterocycles. The van der Waals surface area contributed by atoms with Crippen molar-refractivity contribution in [3.05, 3.63) is 12.2 Å². The van der Waals surface area contributed by atoms with Crippen LogP contribution < -0.4 is 0 Å². The summed E-state index contributed by atoms with van der Waals surface area (Å²) in [5, 5.41) is 0. The maximum Gasteiger partial charge on any atom is -0.0348 e. The first kappa shape index (κ1) is 29.2. The summed E-state index contributed by atoms with van der Waals surface area (Å²) in [4.78, 5) is 0. The van der Waals surface area contributed by atoms with Crippen LogP contribution in [0.3, 0.4) is 0 Å². The Bertz CT molecular complexity index is 61.4. The third kappa shape index (κ3) is 60.3. The minimum atomic E-state index is 0. The summed E-state index contributed by atoms with van der Waals surface area (Å²) in [6, 6.07) is 0. The van der Waals surface area contributed by atoms with Crippen molar-refractivity contribution in [2.75, 3.05) is 0 Å². The topological polar surface area (TPSA) is 0 Å². The van der Waals surface area contributed by atoms with Crippen molar-refractivity contribution in [3.63, 3.8) is 0 Å². The van der Waals surface area contributed by atoms with E-state index in [1.165, 1.54) is 19.3 Å². The van der Waals surface area contributed by atoms with Gasteiger partial charge in [0.1, 0.15) is 0 Å². The fourth-order valence-corrected chi connectivity index (χ4v) is 0.589. The third-order valence-electron chi connectivity index (χ3n) is 0.908. The zero-order valence-electron chi connectivity index (χ0n) is 8.85. The predicted molar refractivity (Wildman–Crippen MR) is 75.0 cm³/mol. The zero-order chi connectivity index (χ0) is 9.11. The molecular formula is C14H36. The van der Waals surface area contributed by atoms with Crippen molar-refractivity contribution in [2.24, 2.45) is 5.92 Å². The molecule has 0 aromatic rings. The first-order valence-corrected chi connectivity index (χ1v) is 4.88. The van der Waals surface area contributed by atoms with E-state index in [0.29, 0.717) is 0 Å². The van der Waals surface area contributed by atoms with E-state index in [1.54, 1.807) is 0 Å². The molecule has 0 nitrogen and oxygen atoms in total. The van der Waals surface area contributed by atoms with E-state index >= 15 is 0 Å². The van der Waals surface area contributed by atoms with Crippen LogP contribution in [0.1, 0.15) is 76.2 Å². The summed E-state index contributed by atoms with van der Waals surface area (Å²) in [5.41, 5.74) is 0. The standard InChI is InChI=1S/C5H8.C4H10.C2H6.3CH4/c1-2-4-5-3-1;1-4(2)3;1-2;;;/h1-2H,3-5H2;4H,1-3H3;1-2H3;3*1H4. The first-order valence-electron chi connectivity index (χ1n) is 4.88. The van der Waals surface area contributed by atoms with Gasteiger partial charge in [0.15, 0.2) is 0 Å². The van der Waals surface area contributed by atoms with Crippen LogP contribution in [0.2, 0.25) is 0 Å². The predicted octanol–water partition coefficient (Wildman–Crippen LogP) is 6.32. The second-order valence-electron chi connectivity index (χ2n) is 3.13. The smallest absolute Gasteiger partial charge is 0.0348 e. The monoisotopic (exact) mass is 204 g/mol. The van der Waals surface area contributed by atoms with Crippen molar-refractivity contribution < 1.29 is 0 Å². The van der Waals surface area contributed by atoms with Gasteiger partial charge in [0, 0.05) is 0 Å². The number of rotatable bonds is 0. The summed E-state index contributed by atoms with van der Waals surface area (Å²) in [6.45, 7) is 10.5. The van der Waals surface area contributed by atoms with Crippen molar-refractivity contribution in [1.29, 1.82) is 0 Å². The van der Waals surface area contributed by atoms with E-state index in [2.05, 4.69) is 32.9 Å². The highest BCUT2D eigenvalue weighted by atomic mass is 13.9. The Hall–Kier alpha value is -0.260. The van der Waals surface area contributed by atoms with Crippen molar-refractivity contribution in [1.82, 2.24) is 0 Å². The van der Waals surface area contributed by atoms with Gasteiger partial charge in [-0.15, -0.1) is 0 Å². The zero-order valence-corrected chi connectivity index (χ0v) is 8.85. The van der Waals surface area contributed by atoms with Gasteiger partial charge in [-0.1, -0.05) is 69.1 Å². The van der Waals surface area contributed by atoms with Crippen LogP contribution in [0.15, 0.2) is 12.2 Å². The van der Waals surface area contributed by atoms with E-state index in [-0.39, 0.29) is 22.3 Å². The SMILES string of the molecule is C.C.C.C1=CCCC1.CC.CC(C)C. The van der Waals surface area contributed by atoms with Crippen molar-refractivity contribution >= 4 is 0 Å². The molecule has 92 valence electrons. The number of hydrogen-bond acceptors (Lipinski definition) is 0. The van der Waals surface area contributed by atoms with Crippen LogP contribution in [0, 0.1) is 5.92 Å². The minimum absolute atomic E-state index is 0. The molecule has 0 unspecified atom stereocenters. The van der Waals surface area contributed by atoms with Gasteiger partial charge in [-0.05, 0) is 25.2 Å². The molecule has 0 bridgehead atoms. The van der Waals surface area contributed by atoms with E-state index in [9.17, 15) is 0 Å². The Balaban J connectivity index is -0.0000000282. The Morgan fingerprint density at radius 2 is 1.00 bits per heavy atom. The molecule has 1 aliphatic carbocycles. The molecule has 0 fully saturated rings. The Labute approximate surface area is 94.8 Å². The quantitative estimate of drug-likeness (QED) is 0.405. The summed E-state index contributed by atoms with van der Waals surface area (Å²) in [7, 11) is 0. The van der Waals surface area contributed by atoms with Gasteiger partial charge in [0.2, 0.25) is 0 Å². The van der Waals surface area contributed by atoms with Crippen molar-refractivity contribution in [3.8, 4) is 0 Å². The Morgan fingerprint density at radius 3 is 1.07 bits per heavy atom. The Kier molecular flexibility index (Phi) is 61.1. The van der Waals surface area contributed by atoms with E-state index < -0.39 is 0 Å². The summed E-state index contributed by atoms with van der Waals surface area (Å²) in [6.07, 6.45) is 8.50. The highest BCUT2D eigenvalue weighted by Crippen LogP contribution is 2.05. The van der Waals surface area contributed by atoms with Gasteiger partial charge < -0.3 is 0 Å². The molecule has 0 amide bonds. The molecule has 0 radical (unpaired) electrons. The molecule has 0 spiro atoms. The lowest BCUT2D eigenvalue weighted by Crippen LogP contribution is -1.66. The average Bonchev–Trinajstić information content (AvgIpc) is 2.44. The second-order valence-corrected chi connectivity index (χ2v) is 3.13. The lowest BCUT2D eigenvalue weighted by molar-refractivity contribution is 0.737.